The fraction of sp³-hybridized carbons (Fsp3) is 0.571. The molecule has 0 bridgehead atoms. The zero-order valence-electron chi connectivity index (χ0n) is 12.5. The Hall–Kier alpha value is -1.66. The highest BCUT2D eigenvalue weighted by molar-refractivity contribution is 5.11. The van der Waals surface area contributed by atoms with Crippen LogP contribution in [-0.2, 0) is 24.4 Å². The van der Waals surface area contributed by atoms with Gasteiger partial charge in [-0.05, 0) is 13.8 Å². The van der Waals surface area contributed by atoms with Gasteiger partial charge in [0.15, 0.2) is 0 Å². The fourth-order valence-corrected chi connectivity index (χ4v) is 2.11. The molecule has 2 aromatic rings. The molecule has 0 aliphatic rings. The third-order valence-corrected chi connectivity index (χ3v) is 3.28. The maximum Gasteiger partial charge on any atom is 0.106 e. The SMILES string of the molecule is CCn1cc(Cn2c(CNCCOC)cnc2C)cn1. The molecule has 1 N–H and O–H groups in total. The highest BCUT2D eigenvalue weighted by Crippen LogP contribution is 2.09. The molecule has 0 spiro atoms. The van der Waals surface area contributed by atoms with Crippen molar-refractivity contribution in [2.75, 3.05) is 20.3 Å². The van der Waals surface area contributed by atoms with Gasteiger partial charge in [0.2, 0.25) is 0 Å². The summed E-state index contributed by atoms with van der Waals surface area (Å²) in [6.45, 7) is 8.19. The molecule has 0 atom stereocenters. The van der Waals surface area contributed by atoms with E-state index in [0.29, 0.717) is 0 Å². The normalized spacial score (nSPS) is 11.2. The number of nitrogens with one attached hydrogen (secondary N) is 1. The summed E-state index contributed by atoms with van der Waals surface area (Å²) in [5.41, 5.74) is 2.38. The minimum absolute atomic E-state index is 0.719. The van der Waals surface area contributed by atoms with Gasteiger partial charge >= 0.3 is 0 Å². The molecule has 2 rings (SSSR count). The Balaban J connectivity index is 2.01. The van der Waals surface area contributed by atoms with Gasteiger partial charge in [-0.1, -0.05) is 0 Å². The molecular weight excluding hydrogens is 254 g/mol. The average Bonchev–Trinajstić information content (AvgIpc) is 3.04. The molecule has 0 saturated carbocycles. The summed E-state index contributed by atoms with van der Waals surface area (Å²) >= 11 is 0. The first-order valence-corrected chi connectivity index (χ1v) is 6.96. The van der Waals surface area contributed by atoms with E-state index in [9.17, 15) is 0 Å². The highest BCUT2D eigenvalue weighted by Gasteiger charge is 2.08. The Morgan fingerprint density at radius 2 is 2.20 bits per heavy atom. The largest absolute Gasteiger partial charge is 0.383 e. The molecule has 0 radical (unpaired) electrons. The van der Waals surface area contributed by atoms with Crippen LogP contribution in [0.3, 0.4) is 0 Å². The van der Waals surface area contributed by atoms with Crippen molar-refractivity contribution < 1.29 is 4.74 Å². The maximum atomic E-state index is 5.03. The number of aryl methyl sites for hydroxylation is 2. The molecule has 0 aromatic carbocycles. The van der Waals surface area contributed by atoms with Crippen LogP contribution in [0.25, 0.3) is 0 Å². The summed E-state index contributed by atoms with van der Waals surface area (Å²) in [6, 6.07) is 0. The quantitative estimate of drug-likeness (QED) is 0.737. The van der Waals surface area contributed by atoms with Gasteiger partial charge in [0.25, 0.3) is 0 Å². The fourth-order valence-electron chi connectivity index (χ4n) is 2.11. The van der Waals surface area contributed by atoms with E-state index in [-0.39, 0.29) is 0 Å². The molecule has 20 heavy (non-hydrogen) atoms. The molecule has 6 nitrogen and oxygen atoms in total. The Morgan fingerprint density at radius 3 is 2.90 bits per heavy atom. The summed E-state index contributed by atoms with van der Waals surface area (Å²) in [7, 11) is 1.71. The number of hydrogen-bond donors (Lipinski definition) is 1. The molecular formula is C14H23N5O. The zero-order chi connectivity index (χ0) is 14.4. The lowest BCUT2D eigenvalue weighted by Crippen LogP contribution is -2.21. The zero-order valence-corrected chi connectivity index (χ0v) is 12.5. The molecule has 0 fully saturated rings. The standard InChI is InChI=1S/C14H23N5O/c1-4-18-10-13(7-17-18)11-19-12(2)16-9-14(19)8-15-5-6-20-3/h7,9-10,15H,4-6,8,11H2,1-3H3. The smallest absolute Gasteiger partial charge is 0.106 e. The van der Waals surface area contributed by atoms with Crippen LogP contribution in [0, 0.1) is 6.92 Å². The van der Waals surface area contributed by atoms with E-state index in [4.69, 9.17) is 4.74 Å². The summed E-state index contributed by atoms with van der Waals surface area (Å²) < 4.78 is 9.19. The van der Waals surface area contributed by atoms with Gasteiger partial charge in [-0.15, -0.1) is 0 Å². The van der Waals surface area contributed by atoms with E-state index >= 15 is 0 Å². The van der Waals surface area contributed by atoms with E-state index < -0.39 is 0 Å². The molecule has 0 aliphatic carbocycles. The van der Waals surface area contributed by atoms with Crippen molar-refractivity contribution in [3.8, 4) is 0 Å². The van der Waals surface area contributed by atoms with Crippen molar-refractivity contribution >= 4 is 0 Å². The van der Waals surface area contributed by atoms with E-state index in [0.717, 1.165) is 38.6 Å². The molecule has 6 heteroatoms. The topological polar surface area (TPSA) is 56.9 Å². The summed E-state index contributed by atoms with van der Waals surface area (Å²) in [5.74, 6) is 1.03. The van der Waals surface area contributed by atoms with Crippen LogP contribution in [0.4, 0.5) is 0 Å². The summed E-state index contributed by atoms with van der Waals surface area (Å²) in [4.78, 5) is 4.40. The van der Waals surface area contributed by atoms with E-state index in [1.165, 1.54) is 11.3 Å². The van der Waals surface area contributed by atoms with Crippen molar-refractivity contribution in [3.63, 3.8) is 0 Å². The number of rotatable bonds is 8. The van der Waals surface area contributed by atoms with Crippen molar-refractivity contribution in [1.82, 2.24) is 24.6 Å². The molecule has 0 unspecified atom stereocenters. The van der Waals surface area contributed by atoms with Gasteiger partial charge in [-0.2, -0.15) is 5.10 Å². The van der Waals surface area contributed by atoms with Crippen LogP contribution in [0.5, 0.6) is 0 Å². The van der Waals surface area contributed by atoms with Crippen molar-refractivity contribution in [2.24, 2.45) is 0 Å². The molecule has 2 heterocycles. The van der Waals surface area contributed by atoms with Crippen LogP contribution >= 0.6 is 0 Å². The van der Waals surface area contributed by atoms with E-state index in [2.05, 4.69) is 33.1 Å². The monoisotopic (exact) mass is 277 g/mol. The van der Waals surface area contributed by atoms with Crippen molar-refractivity contribution in [1.29, 1.82) is 0 Å². The first-order valence-electron chi connectivity index (χ1n) is 6.96. The van der Waals surface area contributed by atoms with Crippen LogP contribution in [0.15, 0.2) is 18.6 Å². The van der Waals surface area contributed by atoms with Crippen LogP contribution in [0.2, 0.25) is 0 Å². The summed E-state index contributed by atoms with van der Waals surface area (Å²) in [6.07, 6.45) is 5.94. The van der Waals surface area contributed by atoms with Gasteiger partial charge in [0.1, 0.15) is 5.82 Å². The number of hydrogen-bond acceptors (Lipinski definition) is 4. The van der Waals surface area contributed by atoms with Crippen molar-refractivity contribution in [3.05, 3.63) is 35.7 Å². The third kappa shape index (κ3) is 3.68. The van der Waals surface area contributed by atoms with Gasteiger partial charge in [-0.3, -0.25) is 4.68 Å². The Morgan fingerprint density at radius 1 is 1.35 bits per heavy atom. The number of ether oxygens (including phenoxy) is 1. The van der Waals surface area contributed by atoms with Gasteiger partial charge in [0, 0.05) is 44.7 Å². The minimum Gasteiger partial charge on any atom is -0.383 e. The Bertz CT molecular complexity index is 531. The van der Waals surface area contributed by atoms with Crippen LogP contribution in [0.1, 0.15) is 24.0 Å². The van der Waals surface area contributed by atoms with E-state index in [1.807, 2.05) is 24.0 Å². The third-order valence-electron chi connectivity index (χ3n) is 3.28. The second-order valence-electron chi connectivity index (χ2n) is 4.76. The van der Waals surface area contributed by atoms with Crippen LogP contribution < -0.4 is 5.32 Å². The highest BCUT2D eigenvalue weighted by atomic mass is 16.5. The van der Waals surface area contributed by atoms with E-state index in [1.54, 1.807) is 7.11 Å². The molecule has 0 aliphatic heterocycles. The second kappa shape index (κ2) is 7.21. The average molecular weight is 277 g/mol. The first kappa shape index (κ1) is 14.7. The predicted octanol–water partition coefficient (Wildman–Crippen LogP) is 1.19. The van der Waals surface area contributed by atoms with Gasteiger partial charge in [-0.25, -0.2) is 4.98 Å². The first-order chi connectivity index (χ1) is 9.74. The Kier molecular flexibility index (Phi) is 5.31. The molecule has 2 aromatic heterocycles. The number of nitrogens with zero attached hydrogens (tertiary/aromatic N) is 4. The Labute approximate surface area is 119 Å². The van der Waals surface area contributed by atoms with Crippen LogP contribution in [-0.4, -0.2) is 39.6 Å². The lowest BCUT2D eigenvalue weighted by molar-refractivity contribution is 0.199. The molecule has 0 saturated heterocycles. The number of imidazole rings is 1. The van der Waals surface area contributed by atoms with Gasteiger partial charge in [0.05, 0.1) is 25.0 Å². The number of aromatic nitrogens is 4. The lowest BCUT2D eigenvalue weighted by Gasteiger charge is -2.10. The number of methoxy groups -OCH3 is 1. The second-order valence-corrected chi connectivity index (χ2v) is 4.76. The summed E-state index contributed by atoms with van der Waals surface area (Å²) in [5, 5.41) is 7.66. The molecule has 0 amide bonds. The maximum absolute atomic E-state index is 5.03. The van der Waals surface area contributed by atoms with Crippen molar-refractivity contribution in [2.45, 2.75) is 33.5 Å². The lowest BCUT2D eigenvalue weighted by atomic mass is 10.3. The predicted molar refractivity (Wildman–Crippen MR) is 77.5 cm³/mol. The minimum atomic E-state index is 0.719. The van der Waals surface area contributed by atoms with Gasteiger partial charge < -0.3 is 14.6 Å². The molecule has 110 valence electrons.